The summed E-state index contributed by atoms with van der Waals surface area (Å²) in [5.74, 6) is 0.850. The van der Waals surface area contributed by atoms with E-state index in [1.165, 1.54) is 29.8 Å². The molecule has 0 aliphatic heterocycles. The number of rotatable bonds is 1. The van der Waals surface area contributed by atoms with Gasteiger partial charge in [-0.05, 0) is 0 Å². The quantitative estimate of drug-likeness (QED) is 0.449. The Labute approximate surface area is 120 Å². The van der Waals surface area contributed by atoms with Gasteiger partial charge >= 0.3 is 83.7 Å². The molecule has 0 aromatic heterocycles. The van der Waals surface area contributed by atoms with E-state index in [0.717, 1.165) is 5.92 Å². The molecule has 2 rings (SSSR count). The molecule has 1 unspecified atom stereocenters. The van der Waals surface area contributed by atoms with Crippen molar-refractivity contribution in [3.63, 3.8) is 0 Å². The average Bonchev–Trinajstić information content (AvgIpc) is 2.47. The van der Waals surface area contributed by atoms with Crippen molar-refractivity contribution in [1.29, 1.82) is 0 Å². The Balaban J connectivity index is 0. The first-order chi connectivity index (χ1) is 5.42. The average molecular weight is 331 g/mol. The van der Waals surface area contributed by atoms with Crippen LogP contribution in [-0.4, -0.2) is 0 Å². The monoisotopic (exact) mass is 328 g/mol. The summed E-state index contributed by atoms with van der Waals surface area (Å²) in [6.07, 6.45) is 10.4. The van der Waals surface area contributed by atoms with Gasteiger partial charge in [0.15, 0.2) is 0 Å². The van der Waals surface area contributed by atoms with Crippen LogP contribution in [0.25, 0.3) is 0 Å². The zero-order chi connectivity index (χ0) is 7.68. The summed E-state index contributed by atoms with van der Waals surface area (Å²) in [4.78, 5) is 0. The first-order valence-corrected chi connectivity index (χ1v) is 6.20. The molecule has 2 aliphatic carbocycles. The van der Waals surface area contributed by atoms with Crippen molar-refractivity contribution in [2.24, 2.45) is 5.92 Å². The fraction of sp³-hybridized carbons (Fsp3) is 0.600. The minimum absolute atomic E-state index is 0. The number of hydrogen-bond donors (Lipinski definition) is 0. The second kappa shape index (κ2) is 8.39. The van der Waals surface area contributed by atoms with Gasteiger partial charge in [-0.3, -0.25) is 0 Å². The van der Waals surface area contributed by atoms with E-state index in [2.05, 4.69) is 12.2 Å². The third kappa shape index (κ3) is 3.67. The molecule has 4 heteroatoms. The Bertz CT molecular complexity index is 223. The Hall–Kier alpha value is 1.23. The van der Waals surface area contributed by atoms with Gasteiger partial charge < -0.3 is 37.2 Å². The normalized spacial score (nSPS) is 23.1. The molecule has 0 aromatic rings. The van der Waals surface area contributed by atoms with Gasteiger partial charge in [0.2, 0.25) is 0 Å². The van der Waals surface area contributed by atoms with E-state index in [4.69, 9.17) is 0 Å². The Morgan fingerprint density at radius 2 is 1.79 bits per heavy atom. The fourth-order valence-electron chi connectivity index (χ4n) is 2.11. The van der Waals surface area contributed by atoms with Crippen molar-refractivity contribution in [1.82, 2.24) is 0 Å². The van der Waals surface area contributed by atoms with Gasteiger partial charge in [-0.25, -0.2) is 0 Å². The molecule has 0 bridgehead atoms. The SMILES string of the molecule is [Cl-].[Cl-].[Cl-].[Zr+3][CH2]C1C=CC2=C1CCCC2. The van der Waals surface area contributed by atoms with Crippen LogP contribution < -0.4 is 37.2 Å². The van der Waals surface area contributed by atoms with Gasteiger partial charge in [-0.15, -0.1) is 0 Å². The van der Waals surface area contributed by atoms with Crippen LogP contribution in [0.3, 0.4) is 0 Å². The summed E-state index contributed by atoms with van der Waals surface area (Å²) >= 11 is 1.69. The predicted molar refractivity (Wildman–Crippen MR) is 42.9 cm³/mol. The Morgan fingerprint density at radius 1 is 1.14 bits per heavy atom. The Morgan fingerprint density at radius 3 is 2.43 bits per heavy atom. The second-order valence-corrected chi connectivity index (χ2v) is 4.43. The molecule has 2 aliphatic rings. The van der Waals surface area contributed by atoms with Crippen LogP contribution in [0.15, 0.2) is 23.3 Å². The van der Waals surface area contributed by atoms with Gasteiger partial charge in [0.25, 0.3) is 0 Å². The van der Waals surface area contributed by atoms with Crippen molar-refractivity contribution in [3.05, 3.63) is 23.3 Å². The molecular formula is C10H13Cl3Zr. The standard InChI is InChI=1S/C10H13.3ClH.Zr/c1-8-6-7-9-4-2-3-5-10(8)9;;;;/h6-8H,1-5H2;3*1H;/q;;;;+3/p-3. The molecule has 0 radical (unpaired) electrons. The molecule has 0 spiro atoms. The van der Waals surface area contributed by atoms with Crippen molar-refractivity contribution >= 4 is 0 Å². The van der Waals surface area contributed by atoms with Crippen LogP contribution in [-0.2, 0) is 24.7 Å². The van der Waals surface area contributed by atoms with Crippen LogP contribution in [0, 0.1) is 5.92 Å². The van der Waals surface area contributed by atoms with E-state index in [1.807, 2.05) is 0 Å². The molecule has 14 heavy (non-hydrogen) atoms. The fourth-order valence-corrected chi connectivity index (χ4v) is 3.05. The molecule has 1 atom stereocenters. The van der Waals surface area contributed by atoms with E-state index in [0.29, 0.717) is 0 Å². The van der Waals surface area contributed by atoms with E-state index in [-0.39, 0.29) is 37.2 Å². The maximum atomic E-state index is 2.42. The van der Waals surface area contributed by atoms with E-state index < -0.39 is 0 Å². The van der Waals surface area contributed by atoms with E-state index in [1.54, 1.807) is 35.9 Å². The predicted octanol–water partition coefficient (Wildman–Crippen LogP) is -5.98. The zero-order valence-electron chi connectivity index (χ0n) is 7.90. The molecular weight excluding hydrogens is 318 g/mol. The van der Waals surface area contributed by atoms with Crippen LogP contribution in [0.1, 0.15) is 25.7 Å². The molecule has 0 nitrogen and oxygen atoms in total. The summed E-state index contributed by atoms with van der Waals surface area (Å²) in [5.41, 5.74) is 3.47. The van der Waals surface area contributed by atoms with Gasteiger partial charge in [0.1, 0.15) is 0 Å². The minimum atomic E-state index is 0. The summed E-state index contributed by atoms with van der Waals surface area (Å²) < 4.78 is 1.39. The van der Waals surface area contributed by atoms with Crippen LogP contribution in [0.4, 0.5) is 0 Å². The maximum absolute atomic E-state index is 2.42. The molecule has 0 heterocycles. The third-order valence-corrected chi connectivity index (χ3v) is 3.83. The zero-order valence-corrected chi connectivity index (χ0v) is 12.6. The van der Waals surface area contributed by atoms with Gasteiger partial charge in [-0.2, -0.15) is 0 Å². The topological polar surface area (TPSA) is 0 Å². The molecule has 78 valence electrons. The van der Waals surface area contributed by atoms with Crippen LogP contribution in [0.5, 0.6) is 0 Å². The first-order valence-electron chi connectivity index (χ1n) is 4.46. The summed E-state index contributed by atoms with van der Waals surface area (Å²) in [6, 6.07) is 0. The molecule has 0 saturated heterocycles. The van der Waals surface area contributed by atoms with Crippen molar-refractivity contribution in [3.8, 4) is 0 Å². The van der Waals surface area contributed by atoms with E-state index >= 15 is 0 Å². The van der Waals surface area contributed by atoms with Crippen LogP contribution >= 0.6 is 0 Å². The van der Waals surface area contributed by atoms with Gasteiger partial charge in [0.05, 0.1) is 0 Å². The van der Waals surface area contributed by atoms with E-state index in [9.17, 15) is 0 Å². The number of halogens is 3. The van der Waals surface area contributed by atoms with Crippen molar-refractivity contribution < 1.29 is 61.9 Å². The summed E-state index contributed by atoms with van der Waals surface area (Å²) in [6.45, 7) is 0. The summed E-state index contributed by atoms with van der Waals surface area (Å²) in [5, 5.41) is 0. The molecule has 0 fully saturated rings. The number of allylic oxidation sites excluding steroid dienone is 4. The van der Waals surface area contributed by atoms with Gasteiger partial charge in [0, 0.05) is 0 Å². The Kier molecular flexibility index (Phi) is 10.6. The molecule has 0 saturated carbocycles. The third-order valence-electron chi connectivity index (χ3n) is 2.75. The van der Waals surface area contributed by atoms with Crippen LogP contribution in [0.2, 0.25) is 4.13 Å². The molecule has 0 amide bonds. The van der Waals surface area contributed by atoms with Crippen molar-refractivity contribution in [2.75, 3.05) is 0 Å². The number of hydrogen-bond acceptors (Lipinski definition) is 0. The molecule has 0 N–H and O–H groups in total. The van der Waals surface area contributed by atoms with Gasteiger partial charge in [-0.1, -0.05) is 0 Å². The molecule has 0 aromatic carbocycles. The first kappa shape index (κ1) is 17.6. The summed E-state index contributed by atoms with van der Waals surface area (Å²) in [7, 11) is 0. The second-order valence-electron chi connectivity index (χ2n) is 3.43. The van der Waals surface area contributed by atoms with Crippen molar-refractivity contribution in [2.45, 2.75) is 29.8 Å².